The molecule has 0 bridgehead atoms. The Balaban J connectivity index is 0.000000241. The Morgan fingerprint density at radius 2 is 1.79 bits per heavy atom. The van der Waals surface area contributed by atoms with Gasteiger partial charge in [0, 0.05) is 6.61 Å². The number of epoxide rings is 1. The van der Waals surface area contributed by atoms with Crippen LogP contribution in [0.3, 0.4) is 0 Å². The highest BCUT2D eigenvalue weighted by atomic mass is 16.6. The van der Waals surface area contributed by atoms with Crippen LogP contribution in [0.4, 0.5) is 0 Å². The molecule has 86 valence electrons. The second-order valence-electron chi connectivity index (χ2n) is 2.67. The first kappa shape index (κ1) is 13.8. The standard InChI is InChI=1S/C5H10O2.C4H10O3/c1-2-6-3-5-4-7-5;5-1-3-7-4-2-6/h5H,2-4H2,1H3;5-6H,1-4H2. The van der Waals surface area contributed by atoms with E-state index >= 15 is 0 Å². The van der Waals surface area contributed by atoms with Crippen molar-refractivity contribution in [2.75, 3.05) is 46.2 Å². The second-order valence-corrected chi connectivity index (χ2v) is 2.67. The van der Waals surface area contributed by atoms with E-state index < -0.39 is 0 Å². The van der Waals surface area contributed by atoms with Crippen molar-refractivity contribution in [2.24, 2.45) is 0 Å². The van der Waals surface area contributed by atoms with E-state index in [-0.39, 0.29) is 13.2 Å². The van der Waals surface area contributed by atoms with E-state index in [2.05, 4.69) is 4.74 Å². The lowest BCUT2D eigenvalue weighted by Crippen LogP contribution is -2.03. The highest BCUT2D eigenvalue weighted by Crippen LogP contribution is 2.07. The Morgan fingerprint density at radius 3 is 2.14 bits per heavy atom. The molecule has 5 nitrogen and oxygen atoms in total. The smallest absolute Gasteiger partial charge is 0.104 e. The van der Waals surface area contributed by atoms with Crippen LogP contribution in [-0.2, 0) is 14.2 Å². The molecule has 0 saturated carbocycles. The molecule has 1 aliphatic heterocycles. The van der Waals surface area contributed by atoms with Crippen LogP contribution in [0.2, 0.25) is 0 Å². The molecule has 14 heavy (non-hydrogen) atoms. The molecule has 1 rings (SSSR count). The first-order chi connectivity index (χ1) is 6.85. The average Bonchev–Trinajstić information content (AvgIpc) is 3.00. The summed E-state index contributed by atoms with van der Waals surface area (Å²) in [6.07, 6.45) is 0.431. The Labute approximate surface area is 84.6 Å². The zero-order valence-electron chi connectivity index (χ0n) is 8.65. The third-order valence-electron chi connectivity index (χ3n) is 1.38. The Bertz CT molecular complexity index is 101. The van der Waals surface area contributed by atoms with Crippen molar-refractivity contribution >= 4 is 0 Å². The maximum absolute atomic E-state index is 8.09. The van der Waals surface area contributed by atoms with Gasteiger partial charge in [0.15, 0.2) is 0 Å². The van der Waals surface area contributed by atoms with Crippen LogP contribution in [-0.4, -0.2) is 62.6 Å². The second kappa shape index (κ2) is 10.9. The summed E-state index contributed by atoms with van der Waals surface area (Å²) in [5.41, 5.74) is 0. The highest BCUT2D eigenvalue weighted by molar-refractivity contribution is 4.66. The molecule has 0 aliphatic carbocycles. The fourth-order valence-corrected chi connectivity index (χ4v) is 0.645. The summed E-state index contributed by atoms with van der Waals surface area (Å²) in [6.45, 7) is 5.18. The predicted octanol–water partition coefficient (Wildman–Crippen LogP) is -0.591. The van der Waals surface area contributed by atoms with E-state index in [1.54, 1.807) is 0 Å². The largest absolute Gasteiger partial charge is 0.394 e. The third kappa shape index (κ3) is 11.8. The number of rotatable bonds is 7. The summed E-state index contributed by atoms with van der Waals surface area (Å²) >= 11 is 0. The van der Waals surface area contributed by atoms with Crippen molar-refractivity contribution in [3.8, 4) is 0 Å². The van der Waals surface area contributed by atoms with Gasteiger partial charge < -0.3 is 24.4 Å². The van der Waals surface area contributed by atoms with Crippen LogP contribution in [0.5, 0.6) is 0 Å². The molecule has 5 heteroatoms. The van der Waals surface area contributed by atoms with E-state index in [9.17, 15) is 0 Å². The van der Waals surface area contributed by atoms with Crippen molar-refractivity contribution in [3.05, 3.63) is 0 Å². The number of aliphatic hydroxyl groups is 2. The van der Waals surface area contributed by atoms with Crippen molar-refractivity contribution in [1.29, 1.82) is 0 Å². The Kier molecular flexibility index (Phi) is 10.7. The van der Waals surface area contributed by atoms with Gasteiger partial charge in [-0.2, -0.15) is 0 Å². The van der Waals surface area contributed by atoms with Crippen molar-refractivity contribution in [1.82, 2.24) is 0 Å². The van der Waals surface area contributed by atoms with E-state index in [0.717, 1.165) is 19.8 Å². The minimum absolute atomic E-state index is 0.0278. The zero-order valence-corrected chi connectivity index (χ0v) is 8.65. The van der Waals surface area contributed by atoms with Gasteiger partial charge in [0.25, 0.3) is 0 Å². The minimum atomic E-state index is 0.0278. The number of ether oxygens (including phenoxy) is 3. The molecule has 0 aromatic rings. The summed E-state index contributed by atoms with van der Waals surface area (Å²) in [6, 6.07) is 0. The van der Waals surface area contributed by atoms with Crippen LogP contribution in [0.25, 0.3) is 0 Å². The molecule has 1 saturated heterocycles. The summed E-state index contributed by atoms with van der Waals surface area (Å²) in [7, 11) is 0. The normalized spacial score (nSPS) is 18.6. The molecule has 1 fully saturated rings. The van der Waals surface area contributed by atoms with Gasteiger partial charge in [-0.25, -0.2) is 0 Å². The summed E-state index contributed by atoms with van der Waals surface area (Å²) in [5.74, 6) is 0. The molecule has 1 atom stereocenters. The van der Waals surface area contributed by atoms with E-state index in [0.29, 0.717) is 19.3 Å². The number of hydrogen-bond acceptors (Lipinski definition) is 5. The van der Waals surface area contributed by atoms with Gasteiger partial charge in [0.1, 0.15) is 6.10 Å². The Morgan fingerprint density at radius 1 is 1.21 bits per heavy atom. The lowest BCUT2D eigenvalue weighted by Gasteiger charge is -1.94. The number of hydrogen-bond donors (Lipinski definition) is 2. The summed E-state index contributed by atoms with van der Waals surface area (Å²) in [4.78, 5) is 0. The fourth-order valence-electron chi connectivity index (χ4n) is 0.645. The van der Waals surface area contributed by atoms with E-state index in [1.165, 1.54) is 0 Å². The van der Waals surface area contributed by atoms with E-state index in [4.69, 9.17) is 19.7 Å². The van der Waals surface area contributed by atoms with Crippen LogP contribution in [0, 0.1) is 0 Å². The van der Waals surface area contributed by atoms with Crippen molar-refractivity contribution in [3.63, 3.8) is 0 Å². The fraction of sp³-hybridized carbons (Fsp3) is 1.00. The first-order valence-corrected chi connectivity index (χ1v) is 4.84. The molecule has 0 radical (unpaired) electrons. The SMILES string of the molecule is CCOCC1CO1.OCCOCCO. The summed E-state index contributed by atoms with van der Waals surface area (Å²) in [5, 5.41) is 16.2. The zero-order chi connectivity index (χ0) is 10.6. The quantitative estimate of drug-likeness (QED) is 0.432. The maximum atomic E-state index is 8.09. The monoisotopic (exact) mass is 208 g/mol. The summed E-state index contributed by atoms with van der Waals surface area (Å²) < 4.78 is 14.5. The van der Waals surface area contributed by atoms with Crippen LogP contribution in [0.15, 0.2) is 0 Å². The van der Waals surface area contributed by atoms with Crippen LogP contribution >= 0.6 is 0 Å². The molecule has 0 aromatic heterocycles. The molecular formula is C9H20O5. The van der Waals surface area contributed by atoms with Crippen molar-refractivity contribution < 1.29 is 24.4 Å². The number of aliphatic hydroxyl groups excluding tert-OH is 2. The molecule has 1 heterocycles. The van der Waals surface area contributed by atoms with Crippen LogP contribution in [0.1, 0.15) is 6.92 Å². The van der Waals surface area contributed by atoms with Gasteiger partial charge in [-0.1, -0.05) is 0 Å². The first-order valence-electron chi connectivity index (χ1n) is 4.84. The molecule has 1 aliphatic rings. The molecule has 0 amide bonds. The van der Waals surface area contributed by atoms with Gasteiger partial charge in [0.05, 0.1) is 39.6 Å². The highest BCUT2D eigenvalue weighted by Gasteiger charge is 2.21. The van der Waals surface area contributed by atoms with Crippen molar-refractivity contribution in [2.45, 2.75) is 13.0 Å². The van der Waals surface area contributed by atoms with Crippen LogP contribution < -0.4 is 0 Å². The maximum Gasteiger partial charge on any atom is 0.104 e. The van der Waals surface area contributed by atoms with E-state index in [1.807, 2.05) is 6.92 Å². The minimum Gasteiger partial charge on any atom is -0.394 e. The molecule has 1 unspecified atom stereocenters. The van der Waals surface area contributed by atoms with Gasteiger partial charge in [-0.15, -0.1) is 0 Å². The molecule has 0 spiro atoms. The predicted molar refractivity (Wildman–Crippen MR) is 51.2 cm³/mol. The van der Waals surface area contributed by atoms with Gasteiger partial charge in [-0.05, 0) is 6.92 Å². The molecule has 0 aromatic carbocycles. The molecule has 2 N–H and O–H groups in total. The topological polar surface area (TPSA) is 71.5 Å². The van der Waals surface area contributed by atoms with Gasteiger partial charge >= 0.3 is 0 Å². The lowest BCUT2D eigenvalue weighted by molar-refractivity contribution is 0.0650. The molecular weight excluding hydrogens is 188 g/mol. The third-order valence-corrected chi connectivity index (χ3v) is 1.38. The van der Waals surface area contributed by atoms with Gasteiger partial charge in [0.2, 0.25) is 0 Å². The average molecular weight is 208 g/mol. The van der Waals surface area contributed by atoms with Gasteiger partial charge in [-0.3, -0.25) is 0 Å². The lowest BCUT2D eigenvalue weighted by atomic mass is 10.5. The Hall–Kier alpha value is -0.200.